The Morgan fingerprint density at radius 3 is 2.76 bits per heavy atom. The lowest BCUT2D eigenvalue weighted by molar-refractivity contribution is -0.385. The van der Waals surface area contributed by atoms with Crippen LogP contribution in [0, 0.1) is 10.1 Å². The van der Waals surface area contributed by atoms with Crippen molar-refractivity contribution >= 4 is 21.6 Å². The molecule has 0 N–H and O–H groups in total. The van der Waals surface area contributed by atoms with E-state index in [1.54, 1.807) is 12.1 Å². The van der Waals surface area contributed by atoms with Crippen molar-refractivity contribution in [3.05, 3.63) is 34.1 Å². The molecule has 2 rings (SSSR count). The Hall–Kier alpha value is -1.96. The highest BCUT2D eigenvalue weighted by molar-refractivity contribution is 9.08. The Bertz CT molecular complexity index is 657. The molecule has 0 bridgehead atoms. The van der Waals surface area contributed by atoms with Crippen molar-refractivity contribution in [1.29, 1.82) is 0 Å². The maximum absolute atomic E-state index is 11.1. The van der Waals surface area contributed by atoms with Crippen LogP contribution in [0.1, 0.15) is 19.2 Å². The first-order valence-corrected chi connectivity index (χ1v) is 7.55. The zero-order valence-electron chi connectivity index (χ0n) is 11.7. The molecule has 0 amide bonds. The van der Waals surface area contributed by atoms with Crippen LogP contribution in [0.4, 0.5) is 5.69 Å². The van der Waals surface area contributed by atoms with Crippen LogP contribution in [0.3, 0.4) is 0 Å². The number of methoxy groups -OCH3 is 1. The molecular weight excluding hydrogens is 340 g/mol. The van der Waals surface area contributed by atoms with Crippen molar-refractivity contribution in [2.45, 2.75) is 25.2 Å². The molecule has 1 aromatic carbocycles. The molecule has 0 aliphatic heterocycles. The lowest BCUT2D eigenvalue weighted by Gasteiger charge is -2.08. The molecule has 112 valence electrons. The van der Waals surface area contributed by atoms with Gasteiger partial charge in [-0.25, -0.2) is 0 Å². The molecule has 0 fully saturated rings. The number of alkyl halides is 1. The molecule has 1 heterocycles. The van der Waals surface area contributed by atoms with Gasteiger partial charge in [0.2, 0.25) is 0 Å². The van der Waals surface area contributed by atoms with Gasteiger partial charge in [-0.05, 0) is 18.6 Å². The average Bonchev–Trinajstić information content (AvgIpc) is 2.89. The van der Waals surface area contributed by atoms with Gasteiger partial charge in [0.1, 0.15) is 5.82 Å². The Balaban J connectivity index is 2.54. The van der Waals surface area contributed by atoms with E-state index < -0.39 is 4.92 Å². The number of ether oxygens (including phenoxy) is 1. The number of nitro benzene ring substituents is 1. The molecule has 0 radical (unpaired) electrons. The van der Waals surface area contributed by atoms with Gasteiger partial charge in [0.25, 0.3) is 0 Å². The first-order valence-electron chi connectivity index (χ1n) is 6.43. The highest BCUT2D eigenvalue weighted by Gasteiger charge is 2.19. The second kappa shape index (κ2) is 6.66. The van der Waals surface area contributed by atoms with Gasteiger partial charge in [-0.1, -0.05) is 22.9 Å². The van der Waals surface area contributed by atoms with Crippen molar-refractivity contribution in [3.8, 4) is 17.1 Å². The minimum Gasteiger partial charge on any atom is -0.490 e. The molecule has 8 heteroatoms. The number of benzene rings is 1. The second-order valence-electron chi connectivity index (χ2n) is 4.37. The molecule has 21 heavy (non-hydrogen) atoms. The molecule has 0 saturated heterocycles. The van der Waals surface area contributed by atoms with Crippen LogP contribution >= 0.6 is 15.9 Å². The molecule has 2 aromatic rings. The summed E-state index contributed by atoms with van der Waals surface area (Å²) in [5.74, 6) is 1.65. The smallest absolute Gasteiger partial charge is 0.311 e. The van der Waals surface area contributed by atoms with Gasteiger partial charge >= 0.3 is 5.69 Å². The van der Waals surface area contributed by atoms with E-state index in [1.807, 2.05) is 4.57 Å². The van der Waals surface area contributed by atoms with Crippen LogP contribution in [0.25, 0.3) is 11.4 Å². The van der Waals surface area contributed by atoms with Gasteiger partial charge < -0.3 is 9.30 Å². The third kappa shape index (κ3) is 3.05. The fourth-order valence-electron chi connectivity index (χ4n) is 2.08. The van der Waals surface area contributed by atoms with Crippen LogP contribution < -0.4 is 4.74 Å². The predicted octanol–water partition coefficient (Wildman–Crippen LogP) is 3.17. The number of rotatable bonds is 6. The minimum absolute atomic E-state index is 0.0820. The molecule has 0 aliphatic carbocycles. The van der Waals surface area contributed by atoms with E-state index in [-0.39, 0.29) is 11.4 Å². The first kappa shape index (κ1) is 15.4. The summed E-state index contributed by atoms with van der Waals surface area (Å²) in [7, 11) is 1.41. The molecule has 1 aromatic heterocycles. The van der Waals surface area contributed by atoms with Crippen LogP contribution in [0.2, 0.25) is 0 Å². The monoisotopic (exact) mass is 354 g/mol. The largest absolute Gasteiger partial charge is 0.490 e. The van der Waals surface area contributed by atoms with Crippen molar-refractivity contribution in [1.82, 2.24) is 14.8 Å². The summed E-state index contributed by atoms with van der Waals surface area (Å²) in [5, 5.41) is 20.0. The van der Waals surface area contributed by atoms with Crippen LogP contribution in [0.5, 0.6) is 5.75 Å². The molecule has 0 aliphatic rings. The molecule has 7 nitrogen and oxygen atoms in total. The number of nitrogens with zero attached hydrogens (tertiary/aromatic N) is 4. The van der Waals surface area contributed by atoms with Gasteiger partial charge in [-0.2, -0.15) is 0 Å². The molecule has 0 unspecified atom stereocenters. The maximum atomic E-state index is 11.1. The van der Waals surface area contributed by atoms with E-state index in [2.05, 4.69) is 33.1 Å². The Kier molecular flexibility index (Phi) is 4.89. The molecule has 0 spiro atoms. The number of nitro groups is 1. The van der Waals surface area contributed by atoms with Gasteiger partial charge in [0.05, 0.1) is 17.4 Å². The second-order valence-corrected chi connectivity index (χ2v) is 4.93. The van der Waals surface area contributed by atoms with Crippen molar-refractivity contribution in [3.63, 3.8) is 0 Å². The lowest BCUT2D eigenvalue weighted by Crippen LogP contribution is -2.04. The quantitative estimate of drug-likeness (QED) is 0.452. The zero-order chi connectivity index (χ0) is 15.4. The highest BCUT2D eigenvalue weighted by atomic mass is 79.9. The predicted molar refractivity (Wildman–Crippen MR) is 81.6 cm³/mol. The number of halogens is 1. The van der Waals surface area contributed by atoms with Gasteiger partial charge in [0, 0.05) is 18.2 Å². The minimum atomic E-state index is -0.464. The van der Waals surface area contributed by atoms with E-state index in [9.17, 15) is 10.1 Å². The summed E-state index contributed by atoms with van der Waals surface area (Å²) in [6.07, 6.45) is 0.920. The zero-order valence-corrected chi connectivity index (χ0v) is 13.3. The lowest BCUT2D eigenvalue weighted by atomic mass is 10.1. The van der Waals surface area contributed by atoms with Crippen molar-refractivity contribution in [2.75, 3.05) is 7.11 Å². The summed E-state index contributed by atoms with van der Waals surface area (Å²) in [5.41, 5.74) is 0.567. The van der Waals surface area contributed by atoms with Gasteiger partial charge in [-0.3, -0.25) is 10.1 Å². The Morgan fingerprint density at radius 1 is 1.43 bits per heavy atom. The van der Waals surface area contributed by atoms with Gasteiger partial charge in [0.15, 0.2) is 11.6 Å². The number of hydrogen-bond donors (Lipinski definition) is 0. The third-order valence-corrected chi connectivity index (χ3v) is 3.53. The van der Waals surface area contributed by atoms with E-state index in [4.69, 9.17) is 4.74 Å². The fraction of sp³-hybridized carbons (Fsp3) is 0.385. The summed E-state index contributed by atoms with van der Waals surface area (Å²) < 4.78 is 6.97. The Morgan fingerprint density at radius 2 is 2.19 bits per heavy atom. The maximum Gasteiger partial charge on any atom is 0.311 e. The van der Waals surface area contributed by atoms with E-state index >= 15 is 0 Å². The van der Waals surface area contributed by atoms with Crippen molar-refractivity contribution in [2.24, 2.45) is 0 Å². The summed E-state index contributed by atoms with van der Waals surface area (Å²) in [6, 6.07) is 4.79. The van der Waals surface area contributed by atoms with E-state index in [1.165, 1.54) is 13.2 Å². The molecular formula is C13H15BrN4O3. The Labute approximate surface area is 130 Å². The van der Waals surface area contributed by atoms with Gasteiger partial charge in [-0.15, -0.1) is 10.2 Å². The highest BCUT2D eigenvalue weighted by Crippen LogP contribution is 2.31. The fourth-order valence-corrected chi connectivity index (χ4v) is 2.49. The third-order valence-electron chi connectivity index (χ3n) is 3.03. The van der Waals surface area contributed by atoms with Crippen LogP contribution in [-0.4, -0.2) is 26.8 Å². The summed E-state index contributed by atoms with van der Waals surface area (Å²) in [4.78, 5) is 10.6. The summed E-state index contributed by atoms with van der Waals surface area (Å²) in [6.45, 7) is 2.81. The van der Waals surface area contributed by atoms with Crippen LogP contribution in [-0.2, 0) is 11.9 Å². The first-order chi connectivity index (χ1) is 10.1. The van der Waals surface area contributed by atoms with E-state index in [0.717, 1.165) is 18.8 Å². The SMILES string of the molecule is CCCn1c(CBr)nnc1-c1ccc(OC)c([N+](=O)[O-])c1. The van der Waals surface area contributed by atoms with Crippen LogP contribution in [0.15, 0.2) is 18.2 Å². The average molecular weight is 355 g/mol. The number of hydrogen-bond acceptors (Lipinski definition) is 5. The normalized spacial score (nSPS) is 10.6. The number of aromatic nitrogens is 3. The van der Waals surface area contributed by atoms with E-state index in [0.29, 0.717) is 16.7 Å². The molecule has 0 saturated carbocycles. The van der Waals surface area contributed by atoms with Crippen molar-refractivity contribution < 1.29 is 9.66 Å². The standard InChI is InChI=1S/C13H15BrN4O3/c1-3-6-17-12(8-14)15-16-13(17)9-4-5-11(21-2)10(7-9)18(19)20/h4-5,7H,3,6,8H2,1-2H3. The molecule has 0 atom stereocenters. The topological polar surface area (TPSA) is 83.1 Å². The summed E-state index contributed by atoms with van der Waals surface area (Å²) >= 11 is 3.37.